The maximum absolute atomic E-state index is 12.9. The van der Waals surface area contributed by atoms with Crippen LogP contribution in [0.5, 0.6) is 0 Å². The molecule has 35 heavy (non-hydrogen) atoms. The molecule has 1 aromatic carbocycles. The molecule has 3 aromatic rings. The van der Waals surface area contributed by atoms with Crippen LogP contribution in [0.4, 0.5) is 11.5 Å². The molecule has 1 saturated heterocycles. The number of rotatable bonds is 5. The van der Waals surface area contributed by atoms with E-state index in [1.54, 1.807) is 49.8 Å². The Morgan fingerprint density at radius 1 is 1.09 bits per heavy atom. The third kappa shape index (κ3) is 5.78. The third-order valence-corrected chi connectivity index (χ3v) is 7.38. The summed E-state index contributed by atoms with van der Waals surface area (Å²) in [6, 6.07) is 8.36. The molecule has 0 atom stereocenters. The Morgan fingerprint density at radius 2 is 1.80 bits per heavy atom. The molecule has 0 unspecified atom stereocenters. The summed E-state index contributed by atoms with van der Waals surface area (Å²) in [4.78, 5) is 15.6. The second-order valence-electron chi connectivity index (χ2n) is 8.62. The number of aliphatic hydroxyl groups is 1. The van der Waals surface area contributed by atoms with Crippen molar-refractivity contribution < 1.29 is 13.5 Å². The van der Waals surface area contributed by atoms with Gasteiger partial charge in [-0.2, -0.15) is 0 Å². The van der Waals surface area contributed by atoms with Gasteiger partial charge in [0.1, 0.15) is 12.1 Å². The molecule has 2 N–H and O–H groups in total. The van der Waals surface area contributed by atoms with Crippen LogP contribution in [0.3, 0.4) is 0 Å². The van der Waals surface area contributed by atoms with Crippen molar-refractivity contribution in [1.29, 1.82) is 0 Å². The summed E-state index contributed by atoms with van der Waals surface area (Å²) in [5.74, 6) is 7.09. The summed E-state index contributed by atoms with van der Waals surface area (Å²) >= 11 is 0. The lowest BCUT2D eigenvalue weighted by atomic mass is 10.1. The van der Waals surface area contributed by atoms with Gasteiger partial charge in [-0.25, -0.2) is 18.4 Å². The van der Waals surface area contributed by atoms with E-state index in [1.807, 2.05) is 13.8 Å². The first-order chi connectivity index (χ1) is 16.8. The monoisotopic (exact) mass is 491 g/mol. The van der Waals surface area contributed by atoms with Crippen LogP contribution in [0.1, 0.15) is 47.8 Å². The van der Waals surface area contributed by atoms with E-state index in [1.165, 1.54) is 0 Å². The van der Waals surface area contributed by atoms with Crippen LogP contribution < -0.4 is 9.62 Å². The van der Waals surface area contributed by atoms with E-state index in [0.29, 0.717) is 49.3 Å². The molecule has 182 valence electrons. The van der Waals surface area contributed by atoms with Crippen LogP contribution >= 0.6 is 0 Å². The van der Waals surface area contributed by atoms with Crippen LogP contribution in [0.25, 0.3) is 0 Å². The molecular formula is C26H29N5O3S. The van der Waals surface area contributed by atoms with Crippen molar-refractivity contribution in [1.82, 2.24) is 15.0 Å². The van der Waals surface area contributed by atoms with Gasteiger partial charge in [0.05, 0.1) is 33.6 Å². The molecule has 0 spiro atoms. The number of nitrogens with zero attached hydrogens (tertiary/aromatic N) is 4. The second kappa shape index (κ2) is 10.4. The van der Waals surface area contributed by atoms with E-state index in [0.717, 1.165) is 22.6 Å². The van der Waals surface area contributed by atoms with Crippen LogP contribution in [0.15, 0.2) is 47.8 Å². The number of pyridine rings is 1. The van der Waals surface area contributed by atoms with Crippen molar-refractivity contribution in [3.63, 3.8) is 0 Å². The molecule has 8 nitrogen and oxygen atoms in total. The van der Waals surface area contributed by atoms with E-state index in [9.17, 15) is 13.5 Å². The van der Waals surface area contributed by atoms with Gasteiger partial charge in [-0.15, -0.1) is 0 Å². The van der Waals surface area contributed by atoms with Crippen molar-refractivity contribution in [2.75, 3.05) is 22.7 Å². The predicted molar refractivity (Wildman–Crippen MR) is 136 cm³/mol. The lowest BCUT2D eigenvalue weighted by Gasteiger charge is -2.31. The number of aromatic nitrogens is 3. The average molecular weight is 492 g/mol. The Kier molecular flexibility index (Phi) is 7.34. The van der Waals surface area contributed by atoms with Gasteiger partial charge in [0.25, 0.3) is 10.0 Å². The Bertz CT molecular complexity index is 1370. The third-order valence-electron chi connectivity index (χ3n) is 6.00. The van der Waals surface area contributed by atoms with Gasteiger partial charge in [-0.05, 0) is 51.3 Å². The van der Waals surface area contributed by atoms with E-state index in [4.69, 9.17) is 0 Å². The molecule has 0 amide bonds. The van der Waals surface area contributed by atoms with Gasteiger partial charge < -0.3 is 10.0 Å². The zero-order valence-corrected chi connectivity index (χ0v) is 20.9. The van der Waals surface area contributed by atoms with Gasteiger partial charge in [0, 0.05) is 24.8 Å². The number of piperidine rings is 1. The van der Waals surface area contributed by atoms with Gasteiger partial charge in [-0.3, -0.25) is 9.71 Å². The summed E-state index contributed by atoms with van der Waals surface area (Å²) in [6.07, 6.45) is 4.96. The van der Waals surface area contributed by atoms with Crippen LogP contribution in [-0.2, 0) is 16.4 Å². The molecule has 0 saturated carbocycles. The zero-order valence-electron chi connectivity index (χ0n) is 20.1. The molecule has 0 bridgehead atoms. The van der Waals surface area contributed by atoms with Gasteiger partial charge in [0.15, 0.2) is 0 Å². The minimum Gasteiger partial charge on any atom is -0.393 e. The Morgan fingerprint density at radius 3 is 2.49 bits per heavy atom. The van der Waals surface area contributed by atoms with Gasteiger partial charge in [0.2, 0.25) is 0 Å². The van der Waals surface area contributed by atoms with Crippen molar-refractivity contribution >= 4 is 21.5 Å². The molecule has 0 radical (unpaired) electrons. The average Bonchev–Trinajstić information content (AvgIpc) is 2.85. The first-order valence-electron chi connectivity index (χ1n) is 11.6. The largest absolute Gasteiger partial charge is 0.393 e. The highest BCUT2D eigenvalue weighted by molar-refractivity contribution is 7.92. The number of hydrogen-bond acceptors (Lipinski definition) is 7. The SMILES string of the molecule is CCc1ncnc(N2CCC(O)CC2)c1C#Cc1cnc(C)c(NS(=O)(=O)c2ccc(C)cc2)c1. The van der Waals surface area contributed by atoms with Gasteiger partial charge >= 0.3 is 0 Å². The molecular weight excluding hydrogens is 462 g/mol. The number of hydrogen-bond donors (Lipinski definition) is 2. The number of anilines is 2. The number of aryl methyl sites for hydroxylation is 3. The minimum atomic E-state index is -3.76. The number of nitrogens with one attached hydrogen (secondary N) is 1. The van der Waals surface area contributed by atoms with Gasteiger partial charge in [-0.1, -0.05) is 36.5 Å². The lowest BCUT2D eigenvalue weighted by Crippen LogP contribution is -2.37. The lowest BCUT2D eigenvalue weighted by molar-refractivity contribution is 0.145. The minimum absolute atomic E-state index is 0.185. The Hall–Kier alpha value is -3.48. The number of benzene rings is 1. The topological polar surface area (TPSA) is 108 Å². The molecule has 1 fully saturated rings. The smallest absolute Gasteiger partial charge is 0.261 e. The maximum Gasteiger partial charge on any atom is 0.261 e. The fourth-order valence-corrected chi connectivity index (χ4v) is 4.99. The summed E-state index contributed by atoms with van der Waals surface area (Å²) in [7, 11) is -3.76. The van der Waals surface area contributed by atoms with Crippen LogP contribution in [0.2, 0.25) is 0 Å². The highest BCUT2D eigenvalue weighted by Gasteiger charge is 2.21. The first-order valence-corrected chi connectivity index (χ1v) is 13.1. The summed E-state index contributed by atoms with van der Waals surface area (Å²) < 4.78 is 28.4. The first kappa shape index (κ1) is 24.6. The molecule has 1 aliphatic rings. The van der Waals surface area contributed by atoms with Crippen LogP contribution in [0, 0.1) is 25.7 Å². The summed E-state index contributed by atoms with van der Waals surface area (Å²) in [5.41, 5.74) is 4.07. The molecule has 2 aromatic heterocycles. The number of aliphatic hydroxyl groups excluding tert-OH is 1. The Labute approximate surface area is 206 Å². The van der Waals surface area contributed by atoms with E-state index in [2.05, 4.69) is 36.4 Å². The number of sulfonamides is 1. The fraction of sp³-hybridized carbons (Fsp3) is 0.346. The fourth-order valence-electron chi connectivity index (χ4n) is 3.89. The highest BCUT2D eigenvalue weighted by Crippen LogP contribution is 2.24. The zero-order chi connectivity index (χ0) is 25.0. The molecule has 9 heteroatoms. The van der Waals surface area contributed by atoms with Crippen molar-refractivity contribution in [3.05, 3.63) is 70.9 Å². The summed E-state index contributed by atoms with van der Waals surface area (Å²) in [6.45, 7) is 7.07. The van der Waals surface area contributed by atoms with E-state index >= 15 is 0 Å². The van der Waals surface area contributed by atoms with Crippen molar-refractivity contribution in [3.8, 4) is 11.8 Å². The Balaban J connectivity index is 1.65. The van der Waals surface area contributed by atoms with Crippen molar-refractivity contribution in [2.24, 2.45) is 0 Å². The van der Waals surface area contributed by atoms with Crippen molar-refractivity contribution in [2.45, 2.75) is 51.0 Å². The maximum atomic E-state index is 12.9. The standard InChI is InChI=1S/C26H29N5O3S/c1-4-24-23(26(29-17-28-24)31-13-11-21(32)12-14-31)10-7-20-15-25(19(3)27-16-20)30-35(33,34)22-8-5-18(2)6-9-22/h5-6,8-9,15-17,21,30,32H,4,11-14H2,1-3H3. The summed E-state index contributed by atoms with van der Waals surface area (Å²) in [5, 5.41) is 9.87. The predicted octanol–water partition coefficient (Wildman–Crippen LogP) is 3.21. The quantitative estimate of drug-likeness (QED) is 0.528. The molecule has 1 aliphatic heterocycles. The van der Waals surface area contributed by atoms with E-state index < -0.39 is 10.0 Å². The molecule has 4 rings (SSSR count). The molecule has 3 heterocycles. The normalized spacial score (nSPS) is 14.3. The second-order valence-corrected chi connectivity index (χ2v) is 10.3. The van der Waals surface area contributed by atoms with Crippen LogP contribution in [-0.4, -0.2) is 47.7 Å². The molecule has 0 aliphatic carbocycles. The highest BCUT2D eigenvalue weighted by atomic mass is 32.2. The van der Waals surface area contributed by atoms with E-state index in [-0.39, 0.29) is 11.0 Å².